The first kappa shape index (κ1) is 31.0. The lowest BCUT2D eigenvalue weighted by atomic mass is 9.76. The minimum absolute atomic E-state index is 0.0501. The Kier molecular flexibility index (Phi) is 9.13. The number of esters is 1. The minimum atomic E-state index is -0.759. The van der Waals surface area contributed by atoms with Crippen LogP contribution in [0.4, 0.5) is 0 Å². The van der Waals surface area contributed by atoms with Crippen LogP contribution in [0.25, 0.3) is 0 Å². The number of rotatable bonds is 7. The predicted octanol–water partition coefficient (Wildman–Crippen LogP) is 7.18. The van der Waals surface area contributed by atoms with Crippen molar-refractivity contribution in [3.8, 4) is 5.75 Å². The summed E-state index contributed by atoms with van der Waals surface area (Å²) in [5, 5.41) is 2.51. The van der Waals surface area contributed by atoms with Gasteiger partial charge >= 0.3 is 5.97 Å². The average molecular weight is 662 g/mol. The molecule has 1 saturated carbocycles. The molecule has 0 radical (unpaired) electrons. The van der Waals surface area contributed by atoms with Crippen LogP contribution in [0.3, 0.4) is 0 Å². The van der Waals surface area contributed by atoms with Gasteiger partial charge in [-0.2, -0.15) is 5.01 Å². The lowest BCUT2D eigenvalue weighted by Gasteiger charge is -2.30. The third-order valence-corrected chi connectivity index (χ3v) is 8.92. The van der Waals surface area contributed by atoms with Gasteiger partial charge in [-0.1, -0.05) is 53.3 Å². The van der Waals surface area contributed by atoms with Gasteiger partial charge in [-0.3, -0.25) is 19.2 Å². The van der Waals surface area contributed by atoms with E-state index >= 15 is 0 Å². The zero-order valence-corrected chi connectivity index (χ0v) is 25.7. The van der Waals surface area contributed by atoms with Crippen molar-refractivity contribution in [2.24, 2.45) is 17.8 Å². The number of nitrogens with zero attached hydrogens (tertiary/aromatic N) is 2. The molecule has 1 aliphatic heterocycles. The summed E-state index contributed by atoms with van der Waals surface area (Å²) in [5.41, 5.74) is 0.313. The average Bonchev–Trinajstić information content (AvgIpc) is 3.21. The zero-order valence-electron chi connectivity index (χ0n) is 22.7. The fourth-order valence-electron chi connectivity index (χ4n) is 5.37. The lowest BCUT2D eigenvalue weighted by Crippen LogP contribution is -2.52. The number of imide groups is 1. The highest BCUT2D eigenvalue weighted by Gasteiger charge is 2.52. The van der Waals surface area contributed by atoms with Gasteiger partial charge in [0.25, 0.3) is 17.7 Å². The molecule has 12 heteroatoms. The van der Waals surface area contributed by atoms with Gasteiger partial charge in [0.2, 0.25) is 0 Å². The molecule has 2 aliphatic rings. The number of carbonyl (C=O) groups excluding carboxylic acids is 5. The van der Waals surface area contributed by atoms with E-state index in [2.05, 4.69) is 0 Å². The Morgan fingerprint density at radius 1 is 0.814 bits per heavy atom. The number of fused-ring (bicyclic) bond motifs is 1. The molecule has 0 spiro atoms. The van der Waals surface area contributed by atoms with Gasteiger partial charge in [-0.05, 0) is 85.8 Å². The van der Waals surface area contributed by atoms with Crippen LogP contribution in [0, 0.1) is 17.8 Å². The van der Waals surface area contributed by atoms with Gasteiger partial charge in [-0.15, -0.1) is 0 Å². The van der Waals surface area contributed by atoms with Crippen LogP contribution in [0.5, 0.6) is 5.75 Å². The standard InChI is InChI=1S/C31H24Cl4N2O6/c1-16-2-9-21-23(12-16)30(41)37(29(21)40)36(28(39)18-5-11-24(33)26(35)13-18)15-27(38)17-3-7-20(8-4-17)43-31(42)22-10-6-19(32)14-25(22)34/h3-8,10-11,13-14,16,21,23H,2,9,12,15H2,1H3/t16-,21+,23+/m1/s1. The number of hydrogen-bond acceptors (Lipinski definition) is 6. The number of ketones is 1. The third-order valence-electron chi connectivity index (χ3n) is 7.64. The maximum atomic E-state index is 13.7. The first-order valence-corrected chi connectivity index (χ1v) is 14.9. The second kappa shape index (κ2) is 12.7. The molecule has 1 heterocycles. The molecule has 0 aromatic heterocycles. The Hall–Kier alpha value is -3.43. The van der Waals surface area contributed by atoms with Crippen LogP contribution in [-0.2, 0) is 9.59 Å². The number of benzene rings is 3. The Bertz CT molecular complexity index is 1640. The molecule has 3 amide bonds. The molecule has 3 atom stereocenters. The Morgan fingerprint density at radius 3 is 2.16 bits per heavy atom. The first-order valence-electron chi connectivity index (χ1n) is 13.4. The van der Waals surface area contributed by atoms with Gasteiger partial charge in [0.1, 0.15) is 12.3 Å². The van der Waals surface area contributed by atoms with Crippen LogP contribution in [0.15, 0.2) is 60.7 Å². The van der Waals surface area contributed by atoms with Crippen molar-refractivity contribution in [2.45, 2.75) is 26.2 Å². The van der Waals surface area contributed by atoms with Crippen molar-refractivity contribution in [3.63, 3.8) is 0 Å². The molecule has 43 heavy (non-hydrogen) atoms. The zero-order chi connectivity index (χ0) is 31.0. The normalized spacial score (nSPS) is 19.7. The van der Waals surface area contributed by atoms with E-state index in [4.69, 9.17) is 51.1 Å². The fraction of sp³-hybridized carbons (Fsp3) is 0.258. The van der Waals surface area contributed by atoms with Gasteiger partial charge in [0.15, 0.2) is 5.78 Å². The largest absolute Gasteiger partial charge is 0.423 e. The van der Waals surface area contributed by atoms with E-state index < -0.39 is 47.9 Å². The Morgan fingerprint density at radius 2 is 1.49 bits per heavy atom. The predicted molar refractivity (Wildman–Crippen MR) is 162 cm³/mol. The van der Waals surface area contributed by atoms with Crippen molar-refractivity contribution < 1.29 is 28.7 Å². The van der Waals surface area contributed by atoms with Crippen molar-refractivity contribution in [1.29, 1.82) is 0 Å². The smallest absolute Gasteiger partial charge is 0.345 e. The summed E-state index contributed by atoms with van der Waals surface area (Å²) in [6.07, 6.45) is 1.84. The van der Waals surface area contributed by atoms with Crippen LogP contribution in [-0.4, -0.2) is 46.0 Å². The number of carbonyl (C=O) groups is 5. The number of halogens is 4. The number of ether oxygens (including phenoxy) is 1. The number of amides is 3. The molecule has 3 aromatic carbocycles. The highest BCUT2D eigenvalue weighted by Crippen LogP contribution is 2.41. The molecular weight excluding hydrogens is 638 g/mol. The molecule has 0 unspecified atom stereocenters. The molecule has 0 bridgehead atoms. The first-order chi connectivity index (χ1) is 20.4. The van der Waals surface area contributed by atoms with E-state index in [1.807, 2.05) is 6.92 Å². The highest BCUT2D eigenvalue weighted by molar-refractivity contribution is 6.42. The molecule has 1 aliphatic carbocycles. The monoisotopic (exact) mass is 660 g/mol. The summed E-state index contributed by atoms with van der Waals surface area (Å²) >= 11 is 24.1. The van der Waals surface area contributed by atoms with Crippen LogP contribution < -0.4 is 4.74 Å². The minimum Gasteiger partial charge on any atom is -0.423 e. The van der Waals surface area contributed by atoms with Crippen molar-refractivity contribution >= 4 is 75.9 Å². The topological polar surface area (TPSA) is 101 Å². The van der Waals surface area contributed by atoms with Gasteiger partial charge in [-0.25, -0.2) is 9.80 Å². The van der Waals surface area contributed by atoms with Crippen molar-refractivity contribution in [1.82, 2.24) is 10.0 Å². The third kappa shape index (κ3) is 6.43. The van der Waals surface area contributed by atoms with Gasteiger partial charge < -0.3 is 4.74 Å². The van der Waals surface area contributed by atoms with Crippen LogP contribution in [0.1, 0.15) is 57.3 Å². The summed E-state index contributed by atoms with van der Waals surface area (Å²) in [7, 11) is 0. The van der Waals surface area contributed by atoms with E-state index in [1.165, 1.54) is 60.7 Å². The van der Waals surface area contributed by atoms with Gasteiger partial charge in [0, 0.05) is 16.1 Å². The van der Waals surface area contributed by atoms with Gasteiger partial charge in [0.05, 0.1) is 32.5 Å². The lowest BCUT2D eigenvalue weighted by molar-refractivity contribution is -0.154. The molecule has 8 nitrogen and oxygen atoms in total. The second-order valence-corrected chi connectivity index (χ2v) is 12.2. The van der Waals surface area contributed by atoms with Crippen molar-refractivity contribution in [2.75, 3.05) is 6.54 Å². The van der Waals surface area contributed by atoms with E-state index in [1.54, 1.807) is 0 Å². The van der Waals surface area contributed by atoms with E-state index in [9.17, 15) is 24.0 Å². The summed E-state index contributed by atoms with van der Waals surface area (Å²) in [4.78, 5) is 66.7. The summed E-state index contributed by atoms with van der Waals surface area (Å²) < 4.78 is 5.36. The molecule has 222 valence electrons. The van der Waals surface area contributed by atoms with E-state index in [0.717, 1.165) is 16.4 Å². The number of hydrogen-bond donors (Lipinski definition) is 0. The van der Waals surface area contributed by atoms with E-state index in [0.29, 0.717) is 17.9 Å². The molecule has 0 N–H and O–H groups in total. The molecular formula is C31H24Cl4N2O6. The maximum absolute atomic E-state index is 13.7. The SMILES string of the molecule is C[C@@H]1CC[C@@H]2C(=O)N(N(CC(=O)c3ccc(OC(=O)c4ccc(Cl)cc4Cl)cc3)C(=O)c3ccc(Cl)c(Cl)c3)C(=O)[C@H]2C1. The van der Waals surface area contributed by atoms with Crippen LogP contribution >= 0.6 is 46.4 Å². The summed E-state index contributed by atoms with van der Waals surface area (Å²) in [6.45, 7) is 1.41. The van der Waals surface area contributed by atoms with Crippen LogP contribution in [0.2, 0.25) is 20.1 Å². The maximum Gasteiger partial charge on any atom is 0.345 e. The second-order valence-electron chi connectivity index (χ2n) is 10.6. The quantitative estimate of drug-likeness (QED) is 0.115. The number of Topliss-reactive ketones (excluding diaryl/α,β-unsaturated/α-hetero) is 1. The molecule has 2 fully saturated rings. The summed E-state index contributed by atoms with van der Waals surface area (Å²) in [5.74, 6) is -3.77. The molecule has 3 aromatic rings. The Balaban J connectivity index is 1.39. The molecule has 1 saturated heterocycles. The highest BCUT2D eigenvalue weighted by atomic mass is 35.5. The molecule has 5 rings (SSSR count). The summed E-state index contributed by atoms with van der Waals surface area (Å²) in [6, 6.07) is 14.1. The van der Waals surface area contributed by atoms with E-state index in [-0.39, 0.29) is 43.4 Å². The Labute approximate surface area is 267 Å². The van der Waals surface area contributed by atoms with Crippen molar-refractivity contribution in [3.05, 3.63) is 97.4 Å². The number of hydrazine groups is 1. The fourth-order valence-corrected chi connectivity index (χ4v) is 6.16.